The number of carboxylic acid groups (broad SMARTS) is 1. The summed E-state index contributed by atoms with van der Waals surface area (Å²) < 4.78 is 5.50. The third-order valence-corrected chi connectivity index (χ3v) is 6.14. The van der Waals surface area contributed by atoms with Gasteiger partial charge in [-0.3, -0.25) is 9.59 Å². The van der Waals surface area contributed by atoms with E-state index in [9.17, 15) is 14.4 Å². The van der Waals surface area contributed by atoms with Crippen molar-refractivity contribution < 1.29 is 24.2 Å². The van der Waals surface area contributed by atoms with Gasteiger partial charge < -0.3 is 20.1 Å². The molecule has 0 radical (unpaired) electrons. The first-order valence-electron chi connectivity index (χ1n) is 10.4. The van der Waals surface area contributed by atoms with Crippen molar-refractivity contribution in [3.05, 3.63) is 59.7 Å². The van der Waals surface area contributed by atoms with Crippen LogP contribution in [0.25, 0.3) is 11.1 Å². The summed E-state index contributed by atoms with van der Waals surface area (Å²) in [5, 5.41) is 11.9. The highest BCUT2D eigenvalue weighted by Crippen LogP contribution is 2.44. The number of benzene rings is 2. The Balaban J connectivity index is 1.29. The molecule has 31 heavy (non-hydrogen) atoms. The van der Waals surface area contributed by atoms with E-state index in [0.717, 1.165) is 22.3 Å². The number of ether oxygens (including phenoxy) is 1. The molecular formula is C24H26N2O5. The van der Waals surface area contributed by atoms with Gasteiger partial charge in [-0.2, -0.15) is 0 Å². The quantitative estimate of drug-likeness (QED) is 0.745. The predicted molar refractivity (Wildman–Crippen MR) is 115 cm³/mol. The van der Waals surface area contributed by atoms with E-state index in [1.165, 1.54) is 4.90 Å². The van der Waals surface area contributed by atoms with Crippen LogP contribution >= 0.6 is 0 Å². The van der Waals surface area contributed by atoms with Gasteiger partial charge in [0.05, 0.1) is 5.41 Å². The smallest absolute Gasteiger partial charge is 0.407 e. The number of fused-ring (bicyclic) bond motifs is 3. The molecular weight excluding hydrogens is 396 g/mol. The molecule has 2 N–H and O–H groups in total. The fourth-order valence-electron chi connectivity index (χ4n) is 4.39. The zero-order valence-corrected chi connectivity index (χ0v) is 17.6. The summed E-state index contributed by atoms with van der Waals surface area (Å²) in [6.07, 6.45) is -0.471. The van der Waals surface area contributed by atoms with E-state index in [1.807, 2.05) is 24.3 Å². The minimum Gasteiger partial charge on any atom is -0.481 e. The molecule has 2 aliphatic rings. The lowest BCUT2D eigenvalue weighted by Gasteiger charge is -2.45. The molecule has 0 unspecified atom stereocenters. The fourth-order valence-corrected chi connectivity index (χ4v) is 4.39. The lowest BCUT2D eigenvalue weighted by molar-refractivity contribution is -0.164. The summed E-state index contributed by atoms with van der Waals surface area (Å²) >= 11 is 0. The molecule has 0 spiro atoms. The Kier molecular flexibility index (Phi) is 5.43. The molecule has 1 saturated heterocycles. The van der Waals surface area contributed by atoms with Gasteiger partial charge in [0.15, 0.2) is 0 Å². The molecule has 7 heteroatoms. The summed E-state index contributed by atoms with van der Waals surface area (Å²) in [6, 6.07) is 15.8. The molecule has 1 atom stereocenters. The second-order valence-electron chi connectivity index (χ2n) is 8.69. The molecule has 0 saturated carbocycles. The number of rotatable bonds is 6. The largest absolute Gasteiger partial charge is 0.481 e. The maximum Gasteiger partial charge on any atom is 0.407 e. The van der Waals surface area contributed by atoms with E-state index < -0.39 is 23.5 Å². The molecule has 4 rings (SSSR count). The molecule has 2 amide bonds. The summed E-state index contributed by atoms with van der Waals surface area (Å²) in [4.78, 5) is 37.3. The van der Waals surface area contributed by atoms with E-state index in [4.69, 9.17) is 9.84 Å². The van der Waals surface area contributed by atoms with Gasteiger partial charge >= 0.3 is 12.1 Å². The molecule has 1 aliphatic carbocycles. The summed E-state index contributed by atoms with van der Waals surface area (Å²) in [5.41, 5.74) is 3.72. The fraction of sp³-hybridized carbons (Fsp3) is 0.375. The zero-order valence-electron chi connectivity index (χ0n) is 17.6. The lowest BCUT2D eigenvalue weighted by Crippen LogP contribution is -2.61. The second-order valence-corrected chi connectivity index (χ2v) is 8.69. The average molecular weight is 422 g/mol. The molecule has 7 nitrogen and oxygen atoms in total. The van der Waals surface area contributed by atoms with Crippen LogP contribution < -0.4 is 5.32 Å². The van der Waals surface area contributed by atoms with E-state index in [2.05, 4.69) is 29.6 Å². The number of likely N-dealkylation sites (tertiary alicyclic amines) is 1. The Morgan fingerprint density at radius 3 is 2.19 bits per heavy atom. The Morgan fingerprint density at radius 2 is 1.65 bits per heavy atom. The molecule has 1 aliphatic heterocycles. The first-order valence-corrected chi connectivity index (χ1v) is 10.4. The predicted octanol–water partition coefficient (Wildman–Crippen LogP) is 3.24. The molecule has 1 heterocycles. The van der Waals surface area contributed by atoms with Crippen LogP contribution in [0.15, 0.2) is 48.5 Å². The van der Waals surface area contributed by atoms with Crippen molar-refractivity contribution in [1.82, 2.24) is 10.2 Å². The topological polar surface area (TPSA) is 95.9 Å². The Hall–Kier alpha value is -3.35. The summed E-state index contributed by atoms with van der Waals surface area (Å²) in [5.74, 6) is -1.10. The van der Waals surface area contributed by atoms with Crippen LogP contribution in [-0.4, -0.2) is 53.7 Å². The lowest BCUT2D eigenvalue weighted by atomic mass is 9.82. The molecule has 2 aromatic carbocycles. The van der Waals surface area contributed by atoms with E-state index in [0.29, 0.717) is 0 Å². The van der Waals surface area contributed by atoms with Crippen molar-refractivity contribution in [2.75, 3.05) is 19.7 Å². The Bertz CT molecular complexity index is 983. The number of carbonyl (C=O) groups is 3. The van der Waals surface area contributed by atoms with Crippen LogP contribution in [0.3, 0.4) is 0 Å². The van der Waals surface area contributed by atoms with Crippen LogP contribution in [0.5, 0.6) is 0 Å². The van der Waals surface area contributed by atoms with Crippen LogP contribution in [-0.2, 0) is 14.3 Å². The number of carboxylic acids is 1. The summed E-state index contributed by atoms with van der Waals surface area (Å²) in [6.45, 7) is 3.95. The zero-order chi connectivity index (χ0) is 22.2. The minimum atomic E-state index is -0.902. The number of carbonyl (C=O) groups excluding carboxylic acids is 2. The molecule has 0 aromatic heterocycles. The maximum atomic E-state index is 12.3. The number of hydrogen-bond acceptors (Lipinski definition) is 4. The number of amides is 2. The van der Waals surface area contributed by atoms with Gasteiger partial charge in [0.25, 0.3) is 0 Å². The van der Waals surface area contributed by atoms with Crippen molar-refractivity contribution in [3.8, 4) is 11.1 Å². The van der Waals surface area contributed by atoms with Gasteiger partial charge in [-0.25, -0.2) is 4.79 Å². The Morgan fingerprint density at radius 1 is 1.10 bits per heavy atom. The van der Waals surface area contributed by atoms with Gasteiger partial charge in [-0.05, 0) is 36.1 Å². The van der Waals surface area contributed by atoms with Gasteiger partial charge in [0.1, 0.15) is 6.61 Å². The third kappa shape index (κ3) is 4.00. The van der Waals surface area contributed by atoms with Crippen molar-refractivity contribution in [2.24, 2.45) is 5.41 Å². The highest BCUT2D eigenvalue weighted by molar-refractivity contribution is 5.84. The van der Waals surface area contributed by atoms with Crippen molar-refractivity contribution in [3.63, 3.8) is 0 Å². The number of alkyl carbamates (subject to hydrolysis) is 1. The third-order valence-electron chi connectivity index (χ3n) is 6.14. The number of nitrogens with one attached hydrogen (secondary N) is 1. The first-order chi connectivity index (χ1) is 14.8. The van der Waals surface area contributed by atoms with Crippen LogP contribution in [0, 0.1) is 5.41 Å². The van der Waals surface area contributed by atoms with Gasteiger partial charge in [-0.1, -0.05) is 48.5 Å². The molecule has 0 bridgehead atoms. The van der Waals surface area contributed by atoms with Crippen molar-refractivity contribution in [2.45, 2.75) is 32.2 Å². The average Bonchev–Trinajstić information content (AvgIpc) is 3.03. The molecule has 162 valence electrons. The monoisotopic (exact) mass is 422 g/mol. The first kappa shape index (κ1) is 20.9. The van der Waals surface area contributed by atoms with Crippen molar-refractivity contribution in [1.29, 1.82) is 0 Å². The van der Waals surface area contributed by atoms with Gasteiger partial charge in [0.2, 0.25) is 5.91 Å². The highest BCUT2D eigenvalue weighted by atomic mass is 16.5. The molecule has 2 aromatic rings. The van der Waals surface area contributed by atoms with E-state index in [-0.39, 0.29) is 37.9 Å². The standard InChI is InChI=1S/C24H26N2O5/c1-15(11-21(27)26-13-24(2,14-26)22(28)29)25-23(30)31-12-20-18-9-5-3-7-16(18)17-8-4-6-10-19(17)20/h3-10,15,20H,11-14H2,1-2H3,(H,25,30)(H,28,29)/t15-/m1/s1. The van der Waals surface area contributed by atoms with E-state index in [1.54, 1.807) is 13.8 Å². The second kappa shape index (κ2) is 8.06. The van der Waals surface area contributed by atoms with Gasteiger partial charge in [0, 0.05) is 31.5 Å². The van der Waals surface area contributed by atoms with Crippen LogP contribution in [0.1, 0.15) is 37.3 Å². The minimum absolute atomic E-state index is 0.0233. The highest BCUT2D eigenvalue weighted by Gasteiger charge is 2.47. The van der Waals surface area contributed by atoms with Crippen LogP contribution in [0.2, 0.25) is 0 Å². The number of hydrogen-bond donors (Lipinski definition) is 2. The summed E-state index contributed by atoms with van der Waals surface area (Å²) in [7, 11) is 0. The van der Waals surface area contributed by atoms with E-state index >= 15 is 0 Å². The van der Waals surface area contributed by atoms with Crippen LogP contribution in [0.4, 0.5) is 4.79 Å². The number of aliphatic carboxylic acids is 1. The maximum absolute atomic E-state index is 12.3. The van der Waals surface area contributed by atoms with Gasteiger partial charge in [-0.15, -0.1) is 0 Å². The number of nitrogens with zero attached hydrogens (tertiary/aromatic N) is 1. The normalized spacial score (nSPS) is 17.2. The van der Waals surface area contributed by atoms with Crippen molar-refractivity contribution >= 4 is 18.0 Å². The molecule has 1 fully saturated rings. The Labute approximate surface area is 181 Å². The SMILES string of the molecule is C[C@H](CC(=O)N1CC(C)(C(=O)O)C1)NC(=O)OCC1c2ccccc2-c2ccccc21.